The number of benzene rings is 1. The molecule has 1 atom stereocenters. The third-order valence-corrected chi connectivity index (χ3v) is 7.06. The Bertz CT molecular complexity index is 1030. The van der Waals surface area contributed by atoms with Crippen molar-refractivity contribution in [2.24, 2.45) is 5.92 Å². The van der Waals surface area contributed by atoms with Gasteiger partial charge in [0.25, 0.3) is 0 Å². The number of hydrogen-bond donors (Lipinski definition) is 0. The van der Waals surface area contributed by atoms with Crippen LogP contribution in [0.15, 0.2) is 60.0 Å². The van der Waals surface area contributed by atoms with Gasteiger partial charge in [0, 0.05) is 36.6 Å². The molecule has 0 saturated heterocycles. The average Bonchev–Trinajstić information content (AvgIpc) is 3.74. The fourth-order valence-electron chi connectivity index (χ4n) is 4.01. The van der Waals surface area contributed by atoms with Crippen molar-refractivity contribution in [3.63, 3.8) is 0 Å². The quantitative estimate of drug-likeness (QED) is 0.462. The summed E-state index contributed by atoms with van der Waals surface area (Å²) in [4.78, 5) is 19.6. The molecule has 31 heavy (non-hydrogen) atoms. The zero-order valence-electron chi connectivity index (χ0n) is 17.7. The first-order valence-electron chi connectivity index (χ1n) is 11.0. The summed E-state index contributed by atoms with van der Waals surface area (Å²) in [5.74, 6) is 2.02. The third kappa shape index (κ3) is 4.66. The number of rotatable bonds is 9. The van der Waals surface area contributed by atoms with Crippen molar-refractivity contribution in [1.82, 2.24) is 24.6 Å². The molecule has 2 aliphatic rings. The highest BCUT2D eigenvalue weighted by Crippen LogP contribution is 2.41. The van der Waals surface area contributed by atoms with Gasteiger partial charge in [-0.15, -0.1) is 10.2 Å². The van der Waals surface area contributed by atoms with E-state index >= 15 is 0 Å². The Kier molecular flexibility index (Phi) is 5.76. The molecule has 1 aromatic carbocycles. The first-order valence-corrected chi connectivity index (χ1v) is 12.0. The fourth-order valence-corrected chi connectivity index (χ4v) is 4.90. The minimum Gasteiger partial charge on any atom is -0.335 e. The molecule has 6 nitrogen and oxygen atoms in total. The molecule has 1 amide bonds. The van der Waals surface area contributed by atoms with Crippen LogP contribution >= 0.6 is 11.8 Å². The van der Waals surface area contributed by atoms with Crippen molar-refractivity contribution in [2.75, 3.05) is 5.75 Å². The van der Waals surface area contributed by atoms with E-state index in [9.17, 15) is 4.79 Å². The van der Waals surface area contributed by atoms with E-state index in [1.165, 1.54) is 30.2 Å². The molecule has 0 spiro atoms. The largest absolute Gasteiger partial charge is 0.335 e. The van der Waals surface area contributed by atoms with E-state index in [4.69, 9.17) is 0 Å². The summed E-state index contributed by atoms with van der Waals surface area (Å²) in [5.41, 5.74) is 2.14. The summed E-state index contributed by atoms with van der Waals surface area (Å²) >= 11 is 1.51. The second-order valence-corrected chi connectivity index (χ2v) is 9.47. The zero-order chi connectivity index (χ0) is 21.2. The molecule has 2 fully saturated rings. The maximum Gasteiger partial charge on any atom is 0.233 e. The van der Waals surface area contributed by atoms with Gasteiger partial charge in [0.15, 0.2) is 11.0 Å². The number of nitrogens with zero attached hydrogens (tertiary/aromatic N) is 5. The maximum atomic E-state index is 13.3. The van der Waals surface area contributed by atoms with Crippen LogP contribution in [-0.4, -0.2) is 42.4 Å². The summed E-state index contributed by atoms with van der Waals surface area (Å²) in [6, 6.07) is 14.9. The predicted molar refractivity (Wildman–Crippen MR) is 121 cm³/mol. The van der Waals surface area contributed by atoms with Crippen molar-refractivity contribution < 1.29 is 4.79 Å². The van der Waals surface area contributed by atoms with E-state index in [2.05, 4.69) is 43.7 Å². The van der Waals surface area contributed by atoms with Gasteiger partial charge in [-0.3, -0.25) is 14.3 Å². The second-order valence-electron chi connectivity index (χ2n) is 8.52. The second kappa shape index (κ2) is 8.83. The Hall–Kier alpha value is -2.67. The minimum absolute atomic E-state index is 0.168. The van der Waals surface area contributed by atoms with E-state index in [1.807, 2.05) is 36.5 Å². The van der Waals surface area contributed by atoms with Gasteiger partial charge >= 0.3 is 0 Å². The molecule has 2 aromatic heterocycles. The first-order chi connectivity index (χ1) is 15.2. The summed E-state index contributed by atoms with van der Waals surface area (Å²) in [7, 11) is 0. The zero-order valence-corrected chi connectivity index (χ0v) is 18.5. The molecule has 1 unspecified atom stereocenters. The normalized spacial score (nSPS) is 16.8. The predicted octanol–water partition coefficient (Wildman–Crippen LogP) is 4.59. The SMILES string of the molecule is CC(C1CC1)N(Cc1ccccc1)C(=O)CSc1nnc(-c2cccnc2)n1C1CC1. The molecule has 2 heterocycles. The van der Waals surface area contributed by atoms with Crippen molar-refractivity contribution >= 4 is 17.7 Å². The van der Waals surface area contributed by atoms with Crippen molar-refractivity contribution in [3.8, 4) is 11.4 Å². The smallest absolute Gasteiger partial charge is 0.233 e. The molecular formula is C24H27N5OS. The van der Waals surface area contributed by atoms with Crippen LogP contribution in [0.4, 0.5) is 0 Å². The van der Waals surface area contributed by atoms with E-state index < -0.39 is 0 Å². The lowest BCUT2D eigenvalue weighted by atomic mass is 10.1. The maximum absolute atomic E-state index is 13.3. The van der Waals surface area contributed by atoms with Gasteiger partial charge in [0.05, 0.1) is 5.75 Å². The van der Waals surface area contributed by atoms with Crippen LogP contribution in [0.3, 0.4) is 0 Å². The van der Waals surface area contributed by atoms with Gasteiger partial charge < -0.3 is 4.90 Å². The van der Waals surface area contributed by atoms with Crippen LogP contribution < -0.4 is 0 Å². The van der Waals surface area contributed by atoms with Crippen LogP contribution in [0.1, 0.15) is 44.2 Å². The van der Waals surface area contributed by atoms with E-state index in [0.29, 0.717) is 24.3 Å². The molecule has 2 saturated carbocycles. The molecule has 7 heteroatoms. The first kappa shape index (κ1) is 20.2. The lowest BCUT2D eigenvalue weighted by Gasteiger charge is -2.29. The minimum atomic E-state index is 0.168. The summed E-state index contributed by atoms with van der Waals surface area (Å²) in [6.07, 6.45) is 8.28. The van der Waals surface area contributed by atoms with Crippen molar-refractivity contribution in [1.29, 1.82) is 0 Å². The van der Waals surface area contributed by atoms with Crippen molar-refractivity contribution in [3.05, 3.63) is 60.4 Å². The number of pyridine rings is 1. The number of thioether (sulfide) groups is 1. The van der Waals surface area contributed by atoms with Crippen LogP contribution in [0, 0.1) is 5.92 Å². The molecule has 2 aliphatic carbocycles. The molecule has 5 rings (SSSR count). The van der Waals surface area contributed by atoms with Crippen LogP contribution in [0.2, 0.25) is 0 Å². The van der Waals surface area contributed by atoms with Crippen LogP contribution in [-0.2, 0) is 11.3 Å². The number of amides is 1. The highest BCUT2D eigenvalue weighted by Gasteiger charge is 2.35. The molecule has 3 aromatic rings. The van der Waals surface area contributed by atoms with E-state index in [-0.39, 0.29) is 11.9 Å². The highest BCUT2D eigenvalue weighted by molar-refractivity contribution is 7.99. The third-order valence-electron chi connectivity index (χ3n) is 6.13. The summed E-state index contributed by atoms with van der Waals surface area (Å²) in [6.45, 7) is 2.85. The Morgan fingerprint density at radius 2 is 1.94 bits per heavy atom. The molecule has 0 radical (unpaired) electrons. The number of carbonyl (C=O) groups excluding carboxylic acids is 1. The number of hydrogen-bond acceptors (Lipinski definition) is 5. The number of aromatic nitrogens is 4. The summed E-state index contributed by atoms with van der Waals surface area (Å²) < 4.78 is 2.20. The van der Waals surface area contributed by atoms with Crippen LogP contribution in [0.5, 0.6) is 0 Å². The van der Waals surface area contributed by atoms with E-state index in [1.54, 1.807) is 6.20 Å². The Morgan fingerprint density at radius 1 is 1.13 bits per heavy atom. The Morgan fingerprint density at radius 3 is 2.61 bits per heavy atom. The van der Waals surface area contributed by atoms with Gasteiger partial charge in [-0.2, -0.15) is 0 Å². The molecule has 0 N–H and O–H groups in total. The van der Waals surface area contributed by atoms with E-state index in [0.717, 1.165) is 29.4 Å². The standard InChI is InChI=1S/C24H27N5OS/c1-17(19-9-10-19)28(15-18-6-3-2-4-7-18)22(30)16-31-24-27-26-23(29(24)21-11-12-21)20-8-5-13-25-14-20/h2-8,13-14,17,19,21H,9-12,15-16H2,1H3. The van der Waals surface area contributed by atoms with Crippen molar-refractivity contribution in [2.45, 2.75) is 56.4 Å². The molecular weight excluding hydrogens is 406 g/mol. The Balaban J connectivity index is 1.32. The van der Waals surface area contributed by atoms with Crippen LogP contribution in [0.25, 0.3) is 11.4 Å². The van der Waals surface area contributed by atoms with Gasteiger partial charge in [0.2, 0.25) is 5.91 Å². The molecule has 0 aliphatic heterocycles. The highest BCUT2D eigenvalue weighted by atomic mass is 32.2. The number of carbonyl (C=O) groups is 1. The molecule has 160 valence electrons. The molecule has 0 bridgehead atoms. The summed E-state index contributed by atoms with van der Waals surface area (Å²) in [5, 5.41) is 9.70. The van der Waals surface area contributed by atoms with Gasteiger partial charge in [-0.1, -0.05) is 42.1 Å². The fraction of sp³-hybridized carbons (Fsp3) is 0.417. The lowest BCUT2D eigenvalue weighted by Crippen LogP contribution is -2.40. The van der Waals surface area contributed by atoms with Gasteiger partial charge in [-0.05, 0) is 56.2 Å². The Labute approximate surface area is 187 Å². The average molecular weight is 434 g/mol. The lowest BCUT2D eigenvalue weighted by molar-refractivity contribution is -0.131. The van der Waals surface area contributed by atoms with Gasteiger partial charge in [0.1, 0.15) is 0 Å². The van der Waals surface area contributed by atoms with Gasteiger partial charge in [-0.25, -0.2) is 0 Å². The monoisotopic (exact) mass is 433 g/mol. The topological polar surface area (TPSA) is 63.9 Å².